The normalized spacial score (nSPS) is 13.7. The van der Waals surface area contributed by atoms with Gasteiger partial charge in [0.15, 0.2) is 0 Å². The third-order valence-electron chi connectivity index (χ3n) is 3.63. The predicted molar refractivity (Wildman–Crippen MR) is 84.9 cm³/mol. The minimum absolute atomic E-state index is 0.0629. The van der Waals surface area contributed by atoms with Crippen LogP contribution >= 0.6 is 11.6 Å². The fraction of sp³-hybridized carbons (Fsp3) is 0.500. The molecule has 0 bridgehead atoms. The van der Waals surface area contributed by atoms with E-state index in [1.807, 2.05) is 24.3 Å². The summed E-state index contributed by atoms with van der Waals surface area (Å²) < 4.78 is 0. The van der Waals surface area contributed by atoms with Gasteiger partial charge >= 0.3 is 12.0 Å². The topological polar surface area (TPSA) is 69.6 Å². The summed E-state index contributed by atoms with van der Waals surface area (Å²) in [6.45, 7) is 1.56. The van der Waals surface area contributed by atoms with E-state index in [2.05, 4.69) is 5.32 Å². The molecule has 0 radical (unpaired) electrons. The summed E-state index contributed by atoms with van der Waals surface area (Å²) in [4.78, 5) is 24.5. The van der Waals surface area contributed by atoms with Crippen molar-refractivity contribution in [1.82, 2.24) is 10.2 Å². The van der Waals surface area contributed by atoms with Gasteiger partial charge in [0.25, 0.3) is 0 Å². The van der Waals surface area contributed by atoms with Gasteiger partial charge in [-0.2, -0.15) is 0 Å². The Morgan fingerprint density at radius 2 is 2.05 bits per heavy atom. The molecule has 1 aromatic rings. The van der Waals surface area contributed by atoms with Crippen molar-refractivity contribution < 1.29 is 14.7 Å². The average Bonchev–Trinajstić information content (AvgIpc) is 3.28. The first-order valence-corrected chi connectivity index (χ1v) is 7.92. The zero-order valence-corrected chi connectivity index (χ0v) is 13.2. The molecule has 0 atom stereocenters. The largest absolute Gasteiger partial charge is 0.481 e. The van der Waals surface area contributed by atoms with Gasteiger partial charge in [0, 0.05) is 31.1 Å². The van der Waals surface area contributed by atoms with Gasteiger partial charge in [-0.1, -0.05) is 29.8 Å². The van der Waals surface area contributed by atoms with Crippen molar-refractivity contribution >= 4 is 23.6 Å². The molecule has 1 fully saturated rings. The van der Waals surface area contributed by atoms with E-state index in [0.29, 0.717) is 30.5 Å². The maximum absolute atomic E-state index is 12.3. The Morgan fingerprint density at radius 1 is 1.32 bits per heavy atom. The summed E-state index contributed by atoms with van der Waals surface area (Å²) in [5.74, 6) is -0.271. The Bertz CT molecular complexity index is 532. The first-order chi connectivity index (χ1) is 10.6. The van der Waals surface area contributed by atoms with Crippen LogP contribution in [0.1, 0.15) is 31.2 Å². The lowest BCUT2D eigenvalue weighted by Crippen LogP contribution is -2.41. The number of amides is 2. The summed E-state index contributed by atoms with van der Waals surface area (Å²) in [6.07, 6.45) is 2.81. The second-order valence-electron chi connectivity index (χ2n) is 5.64. The monoisotopic (exact) mass is 324 g/mol. The average molecular weight is 325 g/mol. The molecule has 22 heavy (non-hydrogen) atoms. The first-order valence-electron chi connectivity index (χ1n) is 7.54. The fourth-order valence-corrected chi connectivity index (χ4v) is 2.41. The molecule has 0 heterocycles. The van der Waals surface area contributed by atoms with Crippen molar-refractivity contribution in [3.8, 4) is 0 Å². The molecular formula is C16H21ClN2O3. The third kappa shape index (κ3) is 5.56. The summed E-state index contributed by atoms with van der Waals surface area (Å²) in [6, 6.07) is 7.35. The number of carboxylic acids is 1. The Labute approximate surface area is 135 Å². The maximum Gasteiger partial charge on any atom is 0.317 e. The molecule has 2 rings (SSSR count). The van der Waals surface area contributed by atoms with Crippen LogP contribution in [-0.4, -0.2) is 35.1 Å². The quantitative estimate of drug-likeness (QED) is 0.722. The van der Waals surface area contributed by atoms with Crippen LogP contribution in [0, 0.1) is 5.92 Å². The number of urea groups is 1. The van der Waals surface area contributed by atoms with Gasteiger partial charge in [-0.15, -0.1) is 0 Å². The molecule has 5 nitrogen and oxygen atoms in total. The van der Waals surface area contributed by atoms with Crippen LogP contribution in [0.25, 0.3) is 0 Å². The van der Waals surface area contributed by atoms with Crippen LogP contribution in [-0.2, 0) is 11.3 Å². The maximum atomic E-state index is 12.3. The molecule has 0 saturated heterocycles. The molecule has 120 valence electrons. The van der Waals surface area contributed by atoms with Crippen molar-refractivity contribution in [2.24, 2.45) is 5.92 Å². The van der Waals surface area contributed by atoms with Crippen LogP contribution in [0.2, 0.25) is 5.02 Å². The fourth-order valence-electron chi connectivity index (χ4n) is 2.21. The smallest absolute Gasteiger partial charge is 0.317 e. The molecule has 2 N–H and O–H groups in total. The van der Waals surface area contributed by atoms with Gasteiger partial charge in [-0.25, -0.2) is 4.79 Å². The van der Waals surface area contributed by atoms with Crippen LogP contribution in [0.15, 0.2) is 24.3 Å². The molecule has 0 aliphatic heterocycles. The third-order valence-corrected chi connectivity index (χ3v) is 3.99. The van der Waals surface area contributed by atoms with Gasteiger partial charge in [0.1, 0.15) is 0 Å². The number of hydrogen-bond donors (Lipinski definition) is 2. The highest BCUT2D eigenvalue weighted by Gasteiger charge is 2.27. The number of halogens is 1. The minimum atomic E-state index is -0.847. The molecule has 2 amide bonds. The number of carboxylic acid groups (broad SMARTS) is 1. The summed E-state index contributed by atoms with van der Waals surface area (Å²) in [5, 5.41) is 12.0. The Hall–Kier alpha value is -1.75. The van der Waals surface area contributed by atoms with E-state index in [0.717, 1.165) is 24.9 Å². The molecular weight excluding hydrogens is 304 g/mol. The summed E-state index contributed by atoms with van der Waals surface area (Å²) in [5.41, 5.74) is 0.922. The second-order valence-corrected chi connectivity index (χ2v) is 6.05. The number of nitrogens with zero attached hydrogens (tertiary/aromatic N) is 1. The van der Waals surface area contributed by atoms with Crippen molar-refractivity contribution in [3.05, 3.63) is 34.9 Å². The van der Waals surface area contributed by atoms with Crippen LogP contribution in [0.5, 0.6) is 0 Å². The van der Waals surface area contributed by atoms with Gasteiger partial charge in [0.05, 0.1) is 0 Å². The van der Waals surface area contributed by atoms with Crippen molar-refractivity contribution in [2.75, 3.05) is 13.1 Å². The highest BCUT2D eigenvalue weighted by molar-refractivity contribution is 6.31. The van der Waals surface area contributed by atoms with E-state index in [1.165, 1.54) is 0 Å². The second kappa shape index (κ2) is 8.03. The number of carbonyl (C=O) groups is 2. The van der Waals surface area contributed by atoms with E-state index in [-0.39, 0.29) is 12.5 Å². The molecule has 0 aromatic heterocycles. The Morgan fingerprint density at radius 3 is 2.68 bits per heavy atom. The SMILES string of the molecule is O=C(O)CCCNC(=O)N(Cc1ccccc1Cl)CC1CC1. The molecule has 0 unspecified atom stereocenters. The van der Waals surface area contributed by atoms with E-state index >= 15 is 0 Å². The molecule has 1 saturated carbocycles. The summed E-state index contributed by atoms with van der Waals surface area (Å²) in [7, 11) is 0. The lowest BCUT2D eigenvalue weighted by molar-refractivity contribution is -0.137. The zero-order valence-electron chi connectivity index (χ0n) is 12.4. The Kier molecular flexibility index (Phi) is 6.07. The van der Waals surface area contributed by atoms with Crippen molar-refractivity contribution in [3.63, 3.8) is 0 Å². The van der Waals surface area contributed by atoms with Crippen LogP contribution in [0.4, 0.5) is 4.79 Å². The lowest BCUT2D eigenvalue weighted by Gasteiger charge is -2.23. The number of aliphatic carboxylic acids is 1. The summed E-state index contributed by atoms with van der Waals surface area (Å²) >= 11 is 6.16. The van der Waals surface area contributed by atoms with Crippen molar-refractivity contribution in [2.45, 2.75) is 32.2 Å². The van der Waals surface area contributed by atoms with Crippen LogP contribution < -0.4 is 5.32 Å². The molecule has 0 spiro atoms. The minimum Gasteiger partial charge on any atom is -0.481 e. The number of hydrogen-bond acceptors (Lipinski definition) is 2. The van der Waals surface area contributed by atoms with Gasteiger partial charge in [-0.3, -0.25) is 4.79 Å². The standard InChI is InChI=1S/C16H21ClN2O3/c17-14-5-2-1-4-13(14)11-19(10-12-7-8-12)16(22)18-9-3-6-15(20)21/h1-2,4-5,12H,3,6-11H2,(H,18,22)(H,20,21). The number of carbonyl (C=O) groups excluding carboxylic acids is 1. The van der Waals surface area contributed by atoms with E-state index < -0.39 is 5.97 Å². The van der Waals surface area contributed by atoms with E-state index in [1.54, 1.807) is 4.90 Å². The van der Waals surface area contributed by atoms with Gasteiger partial charge in [0.2, 0.25) is 0 Å². The number of rotatable bonds is 8. The van der Waals surface area contributed by atoms with Gasteiger partial charge in [-0.05, 0) is 36.8 Å². The van der Waals surface area contributed by atoms with Crippen molar-refractivity contribution in [1.29, 1.82) is 0 Å². The molecule has 1 aliphatic carbocycles. The molecule has 6 heteroatoms. The highest BCUT2D eigenvalue weighted by Crippen LogP contribution is 2.30. The highest BCUT2D eigenvalue weighted by atomic mass is 35.5. The van der Waals surface area contributed by atoms with E-state index in [9.17, 15) is 9.59 Å². The van der Waals surface area contributed by atoms with E-state index in [4.69, 9.17) is 16.7 Å². The van der Waals surface area contributed by atoms with Crippen LogP contribution in [0.3, 0.4) is 0 Å². The number of benzene rings is 1. The molecule has 1 aromatic carbocycles. The number of nitrogens with one attached hydrogen (secondary N) is 1. The van der Waals surface area contributed by atoms with Gasteiger partial charge < -0.3 is 15.3 Å². The first kappa shape index (κ1) is 16.6. The zero-order chi connectivity index (χ0) is 15.9. The predicted octanol–water partition coefficient (Wildman–Crippen LogP) is 3.13. The Balaban J connectivity index is 1.89. The lowest BCUT2D eigenvalue weighted by atomic mass is 10.2. The molecule has 1 aliphatic rings.